The molecule has 1 amide bonds. The maximum absolute atomic E-state index is 12.4. The van der Waals surface area contributed by atoms with Crippen molar-refractivity contribution in [2.45, 2.75) is 18.9 Å². The second-order valence-electron chi connectivity index (χ2n) is 7.25. The van der Waals surface area contributed by atoms with Gasteiger partial charge in [0.1, 0.15) is 17.2 Å². The number of carbonyl (C=O) groups excluding carboxylic acids is 1. The maximum Gasteiger partial charge on any atom is 0.251 e. The quantitative estimate of drug-likeness (QED) is 0.507. The molecule has 5 nitrogen and oxygen atoms in total. The summed E-state index contributed by atoms with van der Waals surface area (Å²) in [6.07, 6.45) is 1.09. The molecule has 0 spiro atoms. The van der Waals surface area contributed by atoms with Crippen molar-refractivity contribution < 1.29 is 19.4 Å². The van der Waals surface area contributed by atoms with Gasteiger partial charge in [0.25, 0.3) is 5.91 Å². The van der Waals surface area contributed by atoms with E-state index in [1.807, 2.05) is 6.07 Å². The van der Waals surface area contributed by atoms with Gasteiger partial charge < -0.3 is 19.9 Å². The van der Waals surface area contributed by atoms with Crippen LogP contribution < -0.4 is 14.8 Å². The molecule has 2 N–H and O–H groups in total. The lowest BCUT2D eigenvalue weighted by molar-refractivity contribution is 0.0916. The van der Waals surface area contributed by atoms with Crippen LogP contribution in [0.2, 0.25) is 10.0 Å². The van der Waals surface area contributed by atoms with E-state index in [4.69, 9.17) is 32.7 Å². The third-order valence-corrected chi connectivity index (χ3v) is 5.57. The molecule has 1 heterocycles. The van der Waals surface area contributed by atoms with Crippen molar-refractivity contribution in [2.24, 2.45) is 0 Å². The molecule has 31 heavy (non-hydrogen) atoms. The third kappa shape index (κ3) is 5.31. The lowest BCUT2D eigenvalue weighted by Gasteiger charge is -2.19. The molecule has 160 valence electrons. The molecule has 0 saturated heterocycles. The molecule has 3 aromatic rings. The van der Waals surface area contributed by atoms with Gasteiger partial charge in [-0.25, -0.2) is 0 Å². The number of amides is 1. The lowest BCUT2D eigenvalue weighted by Crippen LogP contribution is -2.28. The van der Waals surface area contributed by atoms with Gasteiger partial charge in [-0.1, -0.05) is 35.3 Å². The molecule has 1 unspecified atom stereocenters. The van der Waals surface area contributed by atoms with Crippen LogP contribution in [0.25, 0.3) is 0 Å². The van der Waals surface area contributed by atoms with Gasteiger partial charge >= 0.3 is 0 Å². The summed E-state index contributed by atoms with van der Waals surface area (Å²) in [5, 5.41) is 14.1. The van der Waals surface area contributed by atoms with E-state index in [-0.39, 0.29) is 12.5 Å². The highest BCUT2D eigenvalue weighted by Gasteiger charge is 2.16. The van der Waals surface area contributed by atoms with Crippen molar-refractivity contribution in [3.63, 3.8) is 0 Å². The average Bonchev–Trinajstić information content (AvgIpc) is 2.78. The smallest absolute Gasteiger partial charge is 0.251 e. The SMILES string of the molecule is O=C(NCC(O)c1ccc(Cl)cc1)c1ccc(Oc2cc3c(cc2Cl)CCCO3)cc1. The minimum atomic E-state index is -0.822. The average molecular weight is 458 g/mol. The number of nitrogens with one attached hydrogen (secondary N) is 1. The largest absolute Gasteiger partial charge is 0.493 e. The van der Waals surface area contributed by atoms with Crippen LogP contribution in [0.4, 0.5) is 0 Å². The number of benzene rings is 3. The summed E-state index contributed by atoms with van der Waals surface area (Å²) in [6, 6.07) is 17.2. The number of halogens is 2. The van der Waals surface area contributed by atoms with Gasteiger partial charge in [-0.05, 0) is 66.4 Å². The van der Waals surface area contributed by atoms with Crippen molar-refractivity contribution in [1.29, 1.82) is 0 Å². The van der Waals surface area contributed by atoms with Crippen molar-refractivity contribution in [2.75, 3.05) is 13.2 Å². The van der Waals surface area contributed by atoms with Gasteiger partial charge in [-0.3, -0.25) is 4.79 Å². The van der Waals surface area contributed by atoms with Crippen molar-refractivity contribution in [3.05, 3.63) is 87.4 Å². The molecule has 7 heteroatoms. The van der Waals surface area contributed by atoms with Gasteiger partial charge in [-0.2, -0.15) is 0 Å². The number of aryl methyl sites for hydroxylation is 1. The highest BCUT2D eigenvalue weighted by molar-refractivity contribution is 6.32. The Morgan fingerprint density at radius 3 is 2.58 bits per heavy atom. The number of hydrogen-bond donors (Lipinski definition) is 2. The second-order valence-corrected chi connectivity index (χ2v) is 8.09. The van der Waals surface area contributed by atoms with E-state index in [9.17, 15) is 9.90 Å². The molecule has 1 aliphatic heterocycles. The Bertz CT molecular complexity index is 1070. The van der Waals surface area contributed by atoms with Gasteiger partial charge in [0.05, 0.1) is 17.7 Å². The summed E-state index contributed by atoms with van der Waals surface area (Å²) in [7, 11) is 0. The lowest BCUT2D eigenvalue weighted by atomic mass is 10.1. The second kappa shape index (κ2) is 9.60. The molecule has 0 radical (unpaired) electrons. The maximum atomic E-state index is 12.4. The van der Waals surface area contributed by atoms with E-state index in [2.05, 4.69) is 5.32 Å². The molecule has 1 aliphatic rings. The predicted molar refractivity (Wildman–Crippen MR) is 121 cm³/mol. The molecule has 4 rings (SSSR count). The van der Waals surface area contributed by atoms with E-state index in [0.717, 1.165) is 24.2 Å². The van der Waals surface area contributed by atoms with Crippen molar-refractivity contribution in [1.82, 2.24) is 5.32 Å². The topological polar surface area (TPSA) is 67.8 Å². The van der Waals surface area contributed by atoms with Crippen molar-refractivity contribution >= 4 is 29.1 Å². The standard InChI is InChI=1S/C24H21Cl2NO4/c25-18-7-3-15(4-8-18)21(28)14-27-24(29)16-5-9-19(10-6-16)31-23-13-22-17(12-20(23)26)2-1-11-30-22/h3-10,12-13,21,28H,1-2,11,14H2,(H,27,29). The number of ether oxygens (including phenoxy) is 2. The van der Waals surface area contributed by atoms with E-state index in [1.54, 1.807) is 54.6 Å². The Balaban J connectivity index is 1.36. The fourth-order valence-electron chi connectivity index (χ4n) is 3.32. The number of fused-ring (bicyclic) bond motifs is 1. The zero-order valence-electron chi connectivity index (χ0n) is 16.6. The van der Waals surface area contributed by atoms with E-state index in [1.165, 1.54) is 0 Å². The van der Waals surface area contributed by atoms with Crippen molar-refractivity contribution in [3.8, 4) is 17.2 Å². The normalized spacial score (nSPS) is 13.6. The van der Waals surface area contributed by atoms with E-state index in [0.29, 0.717) is 39.3 Å². The molecule has 3 aromatic carbocycles. The molecule has 0 bridgehead atoms. The minimum Gasteiger partial charge on any atom is -0.493 e. The van der Waals surface area contributed by atoms with Gasteiger partial charge in [0.15, 0.2) is 0 Å². The summed E-state index contributed by atoms with van der Waals surface area (Å²) in [5.74, 6) is 1.56. The highest BCUT2D eigenvalue weighted by Crippen LogP contribution is 2.37. The zero-order chi connectivity index (χ0) is 21.8. The summed E-state index contributed by atoms with van der Waals surface area (Å²) in [4.78, 5) is 12.4. The van der Waals surface area contributed by atoms with Crippen LogP contribution in [0, 0.1) is 0 Å². The number of aliphatic hydroxyl groups is 1. The van der Waals surface area contributed by atoms with Crippen LogP contribution in [0.3, 0.4) is 0 Å². The number of hydrogen-bond acceptors (Lipinski definition) is 4. The van der Waals surface area contributed by atoms with Crippen LogP contribution in [0.15, 0.2) is 60.7 Å². The van der Waals surface area contributed by atoms with Crippen LogP contribution in [0.5, 0.6) is 17.2 Å². The first kappa shape index (κ1) is 21.5. The highest BCUT2D eigenvalue weighted by atomic mass is 35.5. The molecule has 0 saturated carbocycles. The number of carbonyl (C=O) groups is 1. The van der Waals surface area contributed by atoms with Gasteiger partial charge in [0, 0.05) is 23.2 Å². The minimum absolute atomic E-state index is 0.0868. The van der Waals surface area contributed by atoms with Crippen LogP contribution in [0.1, 0.15) is 34.0 Å². The summed E-state index contributed by atoms with van der Waals surface area (Å²) in [5.41, 5.74) is 2.21. The third-order valence-electron chi connectivity index (χ3n) is 5.02. The molecular weight excluding hydrogens is 437 g/mol. The summed E-state index contributed by atoms with van der Waals surface area (Å²) >= 11 is 12.2. The first-order valence-corrected chi connectivity index (χ1v) is 10.7. The fourth-order valence-corrected chi connectivity index (χ4v) is 3.67. The number of aliphatic hydroxyl groups excluding tert-OH is 1. The molecule has 0 aliphatic carbocycles. The Labute approximate surface area is 190 Å². The summed E-state index contributed by atoms with van der Waals surface area (Å²) in [6.45, 7) is 0.772. The number of rotatable bonds is 6. The first-order valence-electron chi connectivity index (χ1n) is 9.94. The van der Waals surface area contributed by atoms with Crippen LogP contribution in [-0.2, 0) is 6.42 Å². The fraction of sp³-hybridized carbons (Fsp3) is 0.208. The first-order chi connectivity index (χ1) is 15.0. The summed E-state index contributed by atoms with van der Waals surface area (Å²) < 4.78 is 11.6. The van der Waals surface area contributed by atoms with E-state index >= 15 is 0 Å². The Kier molecular flexibility index (Phi) is 6.66. The Morgan fingerprint density at radius 2 is 1.84 bits per heavy atom. The monoisotopic (exact) mass is 457 g/mol. The van der Waals surface area contributed by atoms with Gasteiger partial charge in [0.2, 0.25) is 0 Å². The molecule has 0 fully saturated rings. The van der Waals surface area contributed by atoms with Crippen LogP contribution in [-0.4, -0.2) is 24.2 Å². The Morgan fingerprint density at radius 1 is 1.10 bits per heavy atom. The molecular formula is C24H21Cl2NO4. The van der Waals surface area contributed by atoms with Crippen LogP contribution >= 0.6 is 23.2 Å². The van der Waals surface area contributed by atoms with Gasteiger partial charge in [-0.15, -0.1) is 0 Å². The Hall–Kier alpha value is -2.73. The zero-order valence-corrected chi connectivity index (χ0v) is 18.1. The van der Waals surface area contributed by atoms with E-state index < -0.39 is 6.10 Å². The molecule has 1 atom stereocenters. The predicted octanol–water partition coefficient (Wildman–Crippen LogP) is 5.57. The molecule has 0 aromatic heterocycles.